The van der Waals surface area contributed by atoms with Gasteiger partial charge in [-0.05, 0) is 81.8 Å². The van der Waals surface area contributed by atoms with Crippen molar-refractivity contribution in [2.75, 3.05) is 18.0 Å². The van der Waals surface area contributed by atoms with Crippen molar-refractivity contribution in [1.29, 1.82) is 0 Å². The molecule has 0 unspecified atom stereocenters. The first-order valence-corrected chi connectivity index (χ1v) is 13.9. The van der Waals surface area contributed by atoms with E-state index in [9.17, 15) is 22.4 Å². The molecule has 0 radical (unpaired) electrons. The molecule has 1 atom stereocenters. The van der Waals surface area contributed by atoms with E-state index in [1.807, 2.05) is 6.92 Å². The number of halogens is 1. The largest absolute Gasteiger partial charge is 0.497 e. The Bertz CT molecular complexity index is 1380. The monoisotopic (exact) mass is 555 g/mol. The van der Waals surface area contributed by atoms with E-state index in [4.69, 9.17) is 4.74 Å². The summed E-state index contributed by atoms with van der Waals surface area (Å²) in [5.74, 6) is -0.901. The van der Waals surface area contributed by atoms with Crippen LogP contribution in [0.5, 0.6) is 5.75 Å². The number of nitrogens with one attached hydrogen (secondary N) is 1. The average molecular weight is 556 g/mol. The predicted octanol–water partition coefficient (Wildman–Crippen LogP) is 4.28. The van der Waals surface area contributed by atoms with Gasteiger partial charge in [0.2, 0.25) is 11.8 Å². The summed E-state index contributed by atoms with van der Waals surface area (Å²) in [6, 6.07) is 17.1. The summed E-state index contributed by atoms with van der Waals surface area (Å²) in [6.45, 7) is 6.44. The molecule has 0 aromatic heterocycles. The SMILES string of the molecule is COc1ccc(N(CC(=O)N(Cc2ccc(F)cc2)[C@@H](C)C(=O)NC(C)C)S(=O)(=O)c2ccc(C)cc2)cc1. The molecule has 0 heterocycles. The molecule has 208 valence electrons. The van der Waals surface area contributed by atoms with Crippen LogP contribution in [0.15, 0.2) is 77.7 Å². The van der Waals surface area contributed by atoms with Crippen molar-refractivity contribution < 1.29 is 27.1 Å². The van der Waals surface area contributed by atoms with Crippen LogP contribution in [0.2, 0.25) is 0 Å². The first-order valence-electron chi connectivity index (χ1n) is 12.5. The second-order valence-electron chi connectivity index (χ2n) is 9.51. The van der Waals surface area contributed by atoms with Crippen LogP contribution in [0, 0.1) is 12.7 Å². The van der Waals surface area contributed by atoms with Crippen LogP contribution in [0.1, 0.15) is 31.9 Å². The van der Waals surface area contributed by atoms with Crippen molar-refractivity contribution in [1.82, 2.24) is 10.2 Å². The zero-order chi connectivity index (χ0) is 28.7. The van der Waals surface area contributed by atoms with Crippen LogP contribution in [-0.2, 0) is 26.2 Å². The lowest BCUT2D eigenvalue weighted by Crippen LogP contribution is -2.52. The number of sulfonamides is 1. The fraction of sp³-hybridized carbons (Fsp3) is 0.310. The number of benzene rings is 3. The van der Waals surface area contributed by atoms with Gasteiger partial charge in [-0.25, -0.2) is 12.8 Å². The lowest BCUT2D eigenvalue weighted by Gasteiger charge is -2.32. The minimum Gasteiger partial charge on any atom is -0.497 e. The van der Waals surface area contributed by atoms with E-state index >= 15 is 0 Å². The fourth-order valence-electron chi connectivity index (χ4n) is 3.89. The van der Waals surface area contributed by atoms with E-state index in [1.165, 1.54) is 48.4 Å². The summed E-state index contributed by atoms with van der Waals surface area (Å²) in [5, 5.41) is 2.79. The highest BCUT2D eigenvalue weighted by molar-refractivity contribution is 7.92. The van der Waals surface area contributed by atoms with E-state index in [0.29, 0.717) is 11.3 Å². The Labute approximate surface area is 229 Å². The summed E-state index contributed by atoms with van der Waals surface area (Å²) >= 11 is 0. The van der Waals surface area contributed by atoms with Crippen LogP contribution in [0.25, 0.3) is 0 Å². The first-order chi connectivity index (χ1) is 18.4. The van der Waals surface area contributed by atoms with Crippen molar-refractivity contribution in [2.45, 2.75) is 51.2 Å². The number of methoxy groups -OCH3 is 1. The van der Waals surface area contributed by atoms with Crippen molar-refractivity contribution in [3.05, 3.63) is 89.7 Å². The summed E-state index contributed by atoms with van der Waals surface area (Å²) in [4.78, 5) is 28.1. The van der Waals surface area contributed by atoms with Crippen molar-refractivity contribution in [2.24, 2.45) is 0 Å². The van der Waals surface area contributed by atoms with Gasteiger partial charge in [0.25, 0.3) is 10.0 Å². The molecule has 0 bridgehead atoms. The Morgan fingerprint density at radius 1 is 0.923 bits per heavy atom. The minimum absolute atomic E-state index is 0.0207. The van der Waals surface area contributed by atoms with Gasteiger partial charge in [-0.15, -0.1) is 0 Å². The molecule has 0 saturated heterocycles. The second kappa shape index (κ2) is 12.8. The fourth-order valence-corrected chi connectivity index (χ4v) is 5.30. The van der Waals surface area contributed by atoms with Crippen LogP contribution < -0.4 is 14.4 Å². The second-order valence-corrected chi connectivity index (χ2v) is 11.4. The molecule has 0 aliphatic heterocycles. The van der Waals surface area contributed by atoms with Crippen LogP contribution in [0.3, 0.4) is 0 Å². The van der Waals surface area contributed by atoms with Gasteiger partial charge in [-0.2, -0.15) is 0 Å². The number of carbonyl (C=O) groups excluding carboxylic acids is 2. The van der Waals surface area contributed by atoms with Gasteiger partial charge < -0.3 is 15.0 Å². The molecule has 3 aromatic carbocycles. The van der Waals surface area contributed by atoms with Gasteiger partial charge in [-0.1, -0.05) is 29.8 Å². The van der Waals surface area contributed by atoms with Gasteiger partial charge in [-0.3, -0.25) is 13.9 Å². The van der Waals surface area contributed by atoms with Crippen molar-refractivity contribution in [3.63, 3.8) is 0 Å². The molecule has 0 saturated carbocycles. The maximum Gasteiger partial charge on any atom is 0.264 e. The van der Waals surface area contributed by atoms with Crippen LogP contribution >= 0.6 is 0 Å². The molecule has 0 fully saturated rings. The Morgan fingerprint density at radius 3 is 2.05 bits per heavy atom. The maximum absolute atomic E-state index is 13.8. The van der Waals surface area contributed by atoms with E-state index in [0.717, 1.165) is 9.87 Å². The summed E-state index contributed by atoms with van der Waals surface area (Å²) in [5.41, 5.74) is 1.73. The molecule has 0 aliphatic rings. The zero-order valence-corrected chi connectivity index (χ0v) is 23.5. The molecule has 2 amide bonds. The van der Waals surface area contributed by atoms with Crippen molar-refractivity contribution >= 4 is 27.5 Å². The summed E-state index contributed by atoms with van der Waals surface area (Å²) in [6.07, 6.45) is 0. The molecular weight excluding hydrogens is 521 g/mol. The minimum atomic E-state index is -4.17. The number of hydrogen-bond acceptors (Lipinski definition) is 5. The molecule has 39 heavy (non-hydrogen) atoms. The average Bonchev–Trinajstić information content (AvgIpc) is 2.90. The molecule has 3 rings (SSSR count). The third-order valence-corrected chi connectivity index (χ3v) is 7.90. The van der Waals surface area contributed by atoms with E-state index in [-0.39, 0.29) is 23.2 Å². The number of carbonyl (C=O) groups is 2. The number of anilines is 1. The van der Waals surface area contributed by atoms with Gasteiger partial charge in [0.15, 0.2) is 0 Å². The van der Waals surface area contributed by atoms with Gasteiger partial charge in [0.1, 0.15) is 24.2 Å². The molecule has 0 spiro atoms. The molecule has 8 nitrogen and oxygen atoms in total. The summed E-state index contributed by atoms with van der Waals surface area (Å²) in [7, 11) is -2.67. The lowest BCUT2D eigenvalue weighted by molar-refractivity contribution is -0.139. The third kappa shape index (κ3) is 7.57. The Balaban J connectivity index is 2.03. The number of ether oxygens (including phenoxy) is 1. The maximum atomic E-state index is 13.8. The number of rotatable bonds is 11. The highest BCUT2D eigenvalue weighted by atomic mass is 32.2. The number of amides is 2. The molecule has 0 aliphatic carbocycles. The van der Waals surface area contributed by atoms with Crippen molar-refractivity contribution in [3.8, 4) is 5.75 Å². The van der Waals surface area contributed by atoms with Gasteiger partial charge in [0.05, 0.1) is 17.7 Å². The van der Waals surface area contributed by atoms with Crippen LogP contribution in [0.4, 0.5) is 10.1 Å². The van der Waals surface area contributed by atoms with Gasteiger partial charge >= 0.3 is 0 Å². The molecule has 3 aromatic rings. The highest BCUT2D eigenvalue weighted by Crippen LogP contribution is 2.27. The Morgan fingerprint density at radius 2 is 1.51 bits per heavy atom. The lowest BCUT2D eigenvalue weighted by atomic mass is 10.1. The Hall–Kier alpha value is -3.92. The smallest absolute Gasteiger partial charge is 0.264 e. The quantitative estimate of drug-likeness (QED) is 0.381. The predicted molar refractivity (Wildman–Crippen MR) is 148 cm³/mol. The van der Waals surface area contributed by atoms with Gasteiger partial charge in [0, 0.05) is 12.6 Å². The summed E-state index contributed by atoms with van der Waals surface area (Å²) < 4.78 is 47.3. The van der Waals surface area contributed by atoms with E-state index < -0.39 is 40.2 Å². The number of aryl methyl sites for hydroxylation is 1. The number of nitrogens with zero attached hydrogens (tertiary/aromatic N) is 2. The molecular formula is C29H34FN3O5S. The standard InChI is InChI=1S/C29H34FN3O5S/c1-20(2)31-29(35)22(4)32(18-23-8-10-24(30)11-9-23)28(34)19-33(25-12-14-26(38-5)15-13-25)39(36,37)27-16-6-21(3)7-17-27/h6-17,20,22H,18-19H2,1-5H3,(H,31,35)/t22-/m0/s1. The highest BCUT2D eigenvalue weighted by Gasteiger charge is 2.32. The van der Waals surface area contributed by atoms with E-state index in [2.05, 4.69) is 5.32 Å². The Kier molecular flexibility index (Phi) is 9.69. The zero-order valence-electron chi connectivity index (χ0n) is 22.7. The first kappa shape index (κ1) is 29.6. The molecule has 10 heteroatoms. The normalized spacial score (nSPS) is 12.1. The molecule has 1 N–H and O–H groups in total. The third-order valence-electron chi connectivity index (χ3n) is 6.11. The number of hydrogen-bond donors (Lipinski definition) is 1. The topological polar surface area (TPSA) is 96.0 Å². The van der Waals surface area contributed by atoms with E-state index in [1.54, 1.807) is 57.2 Å². The van der Waals surface area contributed by atoms with Crippen LogP contribution in [-0.4, -0.2) is 50.9 Å².